The van der Waals surface area contributed by atoms with Crippen molar-refractivity contribution in [2.45, 2.75) is 6.92 Å². The van der Waals surface area contributed by atoms with Gasteiger partial charge in [0.15, 0.2) is 0 Å². The van der Waals surface area contributed by atoms with Gasteiger partial charge in [-0.2, -0.15) is 0 Å². The summed E-state index contributed by atoms with van der Waals surface area (Å²) >= 11 is 9.45. The first-order valence-electron chi connectivity index (χ1n) is 7.83. The molecule has 138 valence electrons. The maximum atomic E-state index is 13.0. The summed E-state index contributed by atoms with van der Waals surface area (Å²) in [5.41, 5.74) is 1.19. The SMILES string of the molecule is COc1ccc(Br)cc1/C=C1\C(=O)NC(=O)N(c2cccc(Cl)c2C)C1=O. The van der Waals surface area contributed by atoms with Gasteiger partial charge in [0.05, 0.1) is 12.8 Å². The number of nitrogens with one attached hydrogen (secondary N) is 1. The topological polar surface area (TPSA) is 75.7 Å². The number of anilines is 1. The van der Waals surface area contributed by atoms with Crippen LogP contribution >= 0.6 is 27.5 Å². The first-order valence-corrected chi connectivity index (χ1v) is 9.00. The molecule has 1 aliphatic rings. The number of benzene rings is 2. The van der Waals surface area contributed by atoms with Crippen molar-refractivity contribution in [3.05, 3.63) is 62.6 Å². The molecular weight excluding hydrogens is 436 g/mol. The quantitative estimate of drug-likeness (QED) is 0.566. The molecule has 0 spiro atoms. The Hall–Kier alpha value is -2.64. The number of hydrogen-bond donors (Lipinski definition) is 1. The van der Waals surface area contributed by atoms with E-state index in [4.69, 9.17) is 16.3 Å². The van der Waals surface area contributed by atoms with Gasteiger partial charge in [-0.3, -0.25) is 14.9 Å². The van der Waals surface area contributed by atoms with Crippen molar-refractivity contribution < 1.29 is 19.1 Å². The third-order valence-electron chi connectivity index (χ3n) is 4.07. The fourth-order valence-electron chi connectivity index (χ4n) is 2.69. The van der Waals surface area contributed by atoms with E-state index in [1.807, 2.05) is 0 Å². The molecule has 8 heteroatoms. The highest BCUT2D eigenvalue weighted by Crippen LogP contribution is 2.31. The van der Waals surface area contributed by atoms with Crippen LogP contribution in [0.1, 0.15) is 11.1 Å². The molecule has 1 fully saturated rings. The monoisotopic (exact) mass is 448 g/mol. The van der Waals surface area contributed by atoms with Crippen LogP contribution in [0.15, 0.2) is 46.4 Å². The van der Waals surface area contributed by atoms with Gasteiger partial charge in [0.1, 0.15) is 11.3 Å². The molecule has 2 aromatic rings. The summed E-state index contributed by atoms with van der Waals surface area (Å²) in [5.74, 6) is -1.03. The highest BCUT2D eigenvalue weighted by Gasteiger charge is 2.37. The van der Waals surface area contributed by atoms with Crippen LogP contribution in [0.4, 0.5) is 10.5 Å². The average Bonchev–Trinajstić information content (AvgIpc) is 2.62. The van der Waals surface area contributed by atoms with Crippen LogP contribution in [0.25, 0.3) is 6.08 Å². The van der Waals surface area contributed by atoms with Gasteiger partial charge >= 0.3 is 6.03 Å². The van der Waals surface area contributed by atoms with E-state index in [0.717, 1.165) is 9.37 Å². The summed E-state index contributed by atoms with van der Waals surface area (Å²) in [5, 5.41) is 2.60. The molecule has 0 bridgehead atoms. The van der Waals surface area contributed by atoms with Gasteiger partial charge in [-0.15, -0.1) is 0 Å². The first-order chi connectivity index (χ1) is 12.8. The van der Waals surface area contributed by atoms with Crippen LogP contribution in [-0.4, -0.2) is 25.0 Å². The van der Waals surface area contributed by atoms with E-state index < -0.39 is 17.8 Å². The maximum absolute atomic E-state index is 13.0. The van der Waals surface area contributed by atoms with Gasteiger partial charge < -0.3 is 4.74 Å². The lowest BCUT2D eigenvalue weighted by Gasteiger charge is -2.27. The first kappa shape index (κ1) is 19.1. The zero-order chi connectivity index (χ0) is 19.7. The van der Waals surface area contributed by atoms with Crippen LogP contribution in [0.3, 0.4) is 0 Å². The average molecular weight is 450 g/mol. The van der Waals surface area contributed by atoms with E-state index >= 15 is 0 Å². The minimum Gasteiger partial charge on any atom is -0.496 e. The molecule has 1 N–H and O–H groups in total. The largest absolute Gasteiger partial charge is 0.496 e. The van der Waals surface area contributed by atoms with Crippen molar-refractivity contribution in [3.8, 4) is 5.75 Å². The number of barbiturate groups is 1. The van der Waals surface area contributed by atoms with Gasteiger partial charge in [0.2, 0.25) is 0 Å². The number of amides is 4. The Kier molecular flexibility index (Phi) is 5.34. The zero-order valence-corrected chi connectivity index (χ0v) is 16.7. The number of imide groups is 2. The van der Waals surface area contributed by atoms with E-state index in [2.05, 4.69) is 21.2 Å². The highest BCUT2D eigenvalue weighted by molar-refractivity contribution is 9.10. The van der Waals surface area contributed by atoms with Crippen LogP contribution in [0.5, 0.6) is 5.75 Å². The summed E-state index contributed by atoms with van der Waals surface area (Å²) < 4.78 is 6.02. The Morgan fingerprint density at radius 1 is 1.19 bits per heavy atom. The fraction of sp³-hybridized carbons (Fsp3) is 0.105. The second-order valence-electron chi connectivity index (χ2n) is 5.73. The van der Waals surface area contributed by atoms with Crippen LogP contribution in [-0.2, 0) is 9.59 Å². The Balaban J connectivity index is 2.11. The number of rotatable bonds is 3. The Morgan fingerprint density at radius 3 is 2.63 bits per heavy atom. The number of ether oxygens (including phenoxy) is 1. The molecule has 1 aliphatic heterocycles. The molecule has 2 aromatic carbocycles. The molecule has 3 rings (SSSR count). The third kappa shape index (κ3) is 3.61. The van der Waals surface area contributed by atoms with E-state index in [1.165, 1.54) is 13.2 Å². The zero-order valence-electron chi connectivity index (χ0n) is 14.4. The Bertz CT molecular complexity index is 1000. The summed E-state index contributed by atoms with van der Waals surface area (Å²) in [4.78, 5) is 38.5. The van der Waals surface area contributed by atoms with Crippen LogP contribution in [0.2, 0.25) is 5.02 Å². The van der Waals surface area contributed by atoms with Crippen molar-refractivity contribution in [1.82, 2.24) is 5.32 Å². The van der Waals surface area contributed by atoms with E-state index in [-0.39, 0.29) is 5.57 Å². The number of carbonyl (C=O) groups excluding carboxylic acids is 3. The predicted octanol–water partition coefficient (Wildman–Crippen LogP) is 4.09. The number of nitrogens with zero attached hydrogens (tertiary/aromatic N) is 1. The smallest absolute Gasteiger partial charge is 0.335 e. The lowest BCUT2D eigenvalue weighted by atomic mass is 10.1. The van der Waals surface area contributed by atoms with E-state index in [0.29, 0.717) is 27.6 Å². The summed E-state index contributed by atoms with van der Waals surface area (Å²) in [6, 6.07) is 9.22. The van der Waals surface area contributed by atoms with Crippen molar-refractivity contribution in [1.29, 1.82) is 0 Å². The van der Waals surface area contributed by atoms with E-state index in [1.54, 1.807) is 43.3 Å². The van der Waals surface area contributed by atoms with E-state index in [9.17, 15) is 14.4 Å². The molecule has 0 saturated carbocycles. The van der Waals surface area contributed by atoms with Crippen LogP contribution in [0, 0.1) is 6.92 Å². The minimum absolute atomic E-state index is 0.189. The van der Waals surface area contributed by atoms with Gasteiger partial charge in [-0.1, -0.05) is 33.6 Å². The molecule has 4 amide bonds. The highest BCUT2D eigenvalue weighted by atomic mass is 79.9. The molecule has 27 heavy (non-hydrogen) atoms. The minimum atomic E-state index is -0.825. The molecule has 0 radical (unpaired) electrons. The second kappa shape index (κ2) is 7.54. The number of methoxy groups -OCH3 is 1. The summed E-state index contributed by atoms with van der Waals surface area (Å²) in [6.45, 7) is 1.69. The van der Waals surface area contributed by atoms with Gasteiger partial charge in [-0.05, 0) is 48.9 Å². The number of halogens is 2. The normalized spacial score (nSPS) is 15.9. The molecule has 0 aromatic heterocycles. The lowest BCUT2D eigenvalue weighted by molar-refractivity contribution is -0.122. The predicted molar refractivity (Wildman–Crippen MR) is 106 cm³/mol. The summed E-state index contributed by atoms with van der Waals surface area (Å²) in [7, 11) is 1.49. The van der Waals surface area contributed by atoms with Crippen molar-refractivity contribution >= 4 is 57.1 Å². The summed E-state index contributed by atoms with van der Waals surface area (Å²) in [6.07, 6.45) is 1.39. The van der Waals surface area contributed by atoms with Gasteiger partial charge in [0, 0.05) is 15.1 Å². The number of carbonyl (C=O) groups is 3. The van der Waals surface area contributed by atoms with Crippen molar-refractivity contribution in [3.63, 3.8) is 0 Å². The maximum Gasteiger partial charge on any atom is 0.335 e. The molecule has 0 aliphatic carbocycles. The molecular formula is C19H14BrClN2O4. The van der Waals surface area contributed by atoms with Crippen molar-refractivity contribution in [2.75, 3.05) is 12.0 Å². The number of hydrogen-bond acceptors (Lipinski definition) is 4. The molecule has 1 heterocycles. The second-order valence-corrected chi connectivity index (χ2v) is 7.05. The molecule has 0 unspecified atom stereocenters. The number of urea groups is 1. The van der Waals surface area contributed by atoms with Gasteiger partial charge in [-0.25, -0.2) is 9.69 Å². The van der Waals surface area contributed by atoms with Crippen LogP contribution < -0.4 is 15.0 Å². The Morgan fingerprint density at radius 2 is 1.93 bits per heavy atom. The molecule has 0 atom stereocenters. The third-order valence-corrected chi connectivity index (χ3v) is 4.98. The standard InChI is InChI=1S/C19H14BrClN2O4/c1-10-14(21)4-3-5-15(10)23-18(25)13(17(24)22-19(23)26)9-11-8-12(20)6-7-16(11)27-2/h3-9H,1-2H3,(H,22,24,26)/b13-9+. The van der Waals surface area contributed by atoms with Crippen molar-refractivity contribution in [2.24, 2.45) is 0 Å². The van der Waals surface area contributed by atoms with Gasteiger partial charge in [0.25, 0.3) is 11.8 Å². The fourth-order valence-corrected chi connectivity index (χ4v) is 3.24. The lowest BCUT2D eigenvalue weighted by Crippen LogP contribution is -2.54. The Labute approximate surface area is 168 Å². The molecule has 1 saturated heterocycles. The molecule has 6 nitrogen and oxygen atoms in total.